The number of imidazole rings is 1. The van der Waals surface area contributed by atoms with Gasteiger partial charge < -0.3 is 14.7 Å². The summed E-state index contributed by atoms with van der Waals surface area (Å²) in [6, 6.07) is 33.4. The maximum Gasteiger partial charge on any atom is 0.303 e. The Morgan fingerprint density at radius 2 is 1.55 bits per heavy atom. The molecule has 0 aliphatic carbocycles. The zero-order chi connectivity index (χ0) is 26.2. The lowest BCUT2D eigenvalue weighted by atomic mass is 10.1. The fourth-order valence-electron chi connectivity index (χ4n) is 4.10. The minimum absolute atomic E-state index is 0.0109. The molecule has 5 aromatic rings. The van der Waals surface area contributed by atoms with Crippen LogP contribution in [0.1, 0.15) is 29.7 Å². The molecule has 0 aliphatic rings. The standard InChI is InChI=1S/C31H27N3O4/c35-31(36)19-18-28(24-8-3-1-4-9-24)33-38-21-23-14-16-27(17-15-23)37-22-26-20-34-29(12-7-13-30(34)32-26)25-10-5-2-6-11-25/h1-17,20H,18-19,21-22H2,(H,35,36)/b33-28+. The van der Waals surface area contributed by atoms with Crippen molar-refractivity contribution in [1.29, 1.82) is 0 Å². The molecule has 190 valence electrons. The molecule has 3 aromatic carbocycles. The number of carbonyl (C=O) groups is 1. The van der Waals surface area contributed by atoms with Crippen molar-refractivity contribution in [2.24, 2.45) is 5.16 Å². The smallest absolute Gasteiger partial charge is 0.303 e. The monoisotopic (exact) mass is 505 g/mol. The number of aromatic nitrogens is 2. The highest BCUT2D eigenvalue weighted by atomic mass is 16.6. The second kappa shape index (κ2) is 11.9. The van der Waals surface area contributed by atoms with E-state index in [2.05, 4.69) is 27.8 Å². The number of benzene rings is 3. The third kappa shape index (κ3) is 6.25. The summed E-state index contributed by atoms with van der Waals surface area (Å²) in [5.74, 6) is -0.145. The lowest BCUT2D eigenvalue weighted by Gasteiger charge is -2.07. The van der Waals surface area contributed by atoms with Gasteiger partial charge in [-0.15, -0.1) is 0 Å². The number of hydrogen-bond acceptors (Lipinski definition) is 5. The van der Waals surface area contributed by atoms with Crippen molar-refractivity contribution in [3.05, 3.63) is 126 Å². The predicted octanol–water partition coefficient (Wildman–Crippen LogP) is 6.37. The van der Waals surface area contributed by atoms with Crippen LogP contribution in [0.3, 0.4) is 0 Å². The summed E-state index contributed by atoms with van der Waals surface area (Å²) in [4.78, 5) is 21.3. The Hall–Kier alpha value is -4.91. The van der Waals surface area contributed by atoms with Crippen LogP contribution in [0.2, 0.25) is 0 Å². The number of pyridine rings is 1. The van der Waals surface area contributed by atoms with Crippen LogP contribution in [0, 0.1) is 0 Å². The number of nitrogens with zero attached hydrogens (tertiary/aromatic N) is 3. The number of rotatable bonds is 11. The molecule has 0 saturated carbocycles. The highest BCUT2D eigenvalue weighted by Crippen LogP contribution is 2.22. The number of hydrogen-bond donors (Lipinski definition) is 1. The van der Waals surface area contributed by atoms with Crippen LogP contribution in [-0.4, -0.2) is 26.2 Å². The molecule has 0 atom stereocenters. The molecule has 0 radical (unpaired) electrons. The molecule has 7 nitrogen and oxygen atoms in total. The third-order valence-electron chi connectivity index (χ3n) is 6.01. The van der Waals surface area contributed by atoms with E-state index in [9.17, 15) is 4.79 Å². The second-order valence-corrected chi connectivity index (χ2v) is 8.74. The van der Waals surface area contributed by atoms with E-state index in [-0.39, 0.29) is 13.0 Å². The van der Waals surface area contributed by atoms with Gasteiger partial charge in [0.1, 0.15) is 24.6 Å². The van der Waals surface area contributed by atoms with E-state index >= 15 is 0 Å². The van der Waals surface area contributed by atoms with Gasteiger partial charge in [0.25, 0.3) is 0 Å². The van der Waals surface area contributed by atoms with Crippen molar-refractivity contribution in [3.63, 3.8) is 0 Å². The van der Waals surface area contributed by atoms with E-state index in [0.717, 1.165) is 39.5 Å². The molecule has 2 aromatic heterocycles. The summed E-state index contributed by atoms with van der Waals surface area (Å²) in [6.07, 6.45) is 2.29. The van der Waals surface area contributed by atoms with Gasteiger partial charge in [0.15, 0.2) is 0 Å². The van der Waals surface area contributed by atoms with Crippen LogP contribution in [0.4, 0.5) is 0 Å². The summed E-state index contributed by atoms with van der Waals surface area (Å²) < 4.78 is 8.06. The molecule has 0 unspecified atom stereocenters. The molecule has 0 bridgehead atoms. The number of fused-ring (bicyclic) bond motifs is 1. The zero-order valence-corrected chi connectivity index (χ0v) is 20.7. The number of carboxylic acids is 1. The minimum Gasteiger partial charge on any atom is -0.487 e. The van der Waals surface area contributed by atoms with Gasteiger partial charge in [-0.25, -0.2) is 4.98 Å². The first kappa shape index (κ1) is 24.8. The van der Waals surface area contributed by atoms with Gasteiger partial charge in [0.05, 0.1) is 23.5 Å². The Balaban J connectivity index is 1.19. The molecular formula is C31H27N3O4. The third-order valence-corrected chi connectivity index (χ3v) is 6.01. The van der Waals surface area contributed by atoms with E-state index in [0.29, 0.717) is 18.7 Å². The van der Waals surface area contributed by atoms with Crippen LogP contribution < -0.4 is 4.74 Å². The topological polar surface area (TPSA) is 85.4 Å². The zero-order valence-electron chi connectivity index (χ0n) is 20.7. The normalized spacial score (nSPS) is 11.4. The first-order valence-corrected chi connectivity index (χ1v) is 12.4. The summed E-state index contributed by atoms with van der Waals surface area (Å²) >= 11 is 0. The molecule has 0 amide bonds. The number of carboxylic acid groups (broad SMARTS) is 1. The fourth-order valence-corrected chi connectivity index (χ4v) is 4.10. The van der Waals surface area contributed by atoms with Gasteiger partial charge in [-0.2, -0.15) is 0 Å². The van der Waals surface area contributed by atoms with Crippen LogP contribution >= 0.6 is 0 Å². The van der Waals surface area contributed by atoms with E-state index in [4.69, 9.17) is 19.7 Å². The molecule has 1 N–H and O–H groups in total. The van der Waals surface area contributed by atoms with Crippen molar-refractivity contribution in [1.82, 2.24) is 9.38 Å². The van der Waals surface area contributed by atoms with Gasteiger partial charge in [0.2, 0.25) is 0 Å². The predicted molar refractivity (Wildman–Crippen MR) is 146 cm³/mol. The first-order valence-electron chi connectivity index (χ1n) is 12.4. The highest BCUT2D eigenvalue weighted by Gasteiger charge is 2.09. The summed E-state index contributed by atoms with van der Waals surface area (Å²) in [7, 11) is 0. The van der Waals surface area contributed by atoms with Gasteiger partial charge in [-0.05, 0) is 41.0 Å². The Kier molecular flexibility index (Phi) is 7.75. The van der Waals surface area contributed by atoms with Crippen molar-refractivity contribution < 1.29 is 19.5 Å². The van der Waals surface area contributed by atoms with E-state index < -0.39 is 5.97 Å². The van der Waals surface area contributed by atoms with Crippen LogP contribution in [0.25, 0.3) is 16.9 Å². The summed E-state index contributed by atoms with van der Waals surface area (Å²) in [5.41, 5.74) is 6.29. The lowest BCUT2D eigenvalue weighted by Crippen LogP contribution is -2.06. The Morgan fingerprint density at radius 1 is 0.816 bits per heavy atom. The minimum atomic E-state index is -0.871. The molecule has 0 fully saturated rings. The van der Waals surface area contributed by atoms with E-state index in [1.54, 1.807) is 0 Å². The molecule has 7 heteroatoms. The Morgan fingerprint density at radius 3 is 2.29 bits per heavy atom. The van der Waals surface area contributed by atoms with Crippen molar-refractivity contribution in [2.45, 2.75) is 26.1 Å². The summed E-state index contributed by atoms with van der Waals surface area (Å²) in [5, 5.41) is 13.3. The average Bonchev–Trinajstić information content (AvgIpc) is 3.38. The SMILES string of the molecule is O=C(O)CC/C(=N\OCc1ccc(OCc2cn3c(-c4ccccc4)cccc3n2)cc1)c1ccccc1. The first-order chi connectivity index (χ1) is 18.7. The number of ether oxygens (including phenoxy) is 1. The van der Waals surface area contributed by atoms with Crippen molar-refractivity contribution in [2.75, 3.05) is 0 Å². The maximum absolute atomic E-state index is 11.0. The van der Waals surface area contributed by atoms with Gasteiger partial charge in [-0.1, -0.05) is 84.0 Å². The van der Waals surface area contributed by atoms with Gasteiger partial charge >= 0.3 is 5.97 Å². The Bertz CT molecular complexity index is 1530. The molecule has 0 spiro atoms. The van der Waals surface area contributed by atoms with Crippen LogP contribution in [0.15, 0.2) is 114 Å². The van der Waals surface area contributed by atoms with Gasteiger partial charge in [-0.3, -0.25) is 9.20 Å². The number of oxime groups is 1. The van der Waals surface area contributed by atoms with Gasteiger partial charge in [0, 0.05) is 12.6 Å². The quantitative estimate of drug-likeness (QED) is 0.167. The molecule has 5 rings (SSSR count). The summed E-state index contributed by atoms with van der Waals surface area (Å²) in [6.45, 7) is 0.610. The second-order valence-electron chi connectivity index (χ2n) is 8.74. The van der Waals surface area contributed by atoms with E-state index in [1.165, 1.54) is 0 Å². The largest absolute Gasteiger partial charge is 0.487 e. The average molecular weight is 506 g/mol. The lowest BCUT2D eigenvalue weighted by molar-refractivity contribution is -0.136. The Labute approximate surface area is 220 Å². The maximum atomic E-state index is 11.0. The molecule has 2 heterocycles. The van der Waals surface area contributed by atoms with E-state index in [1.807, 2.05) is 91.1 Å². The van der Waals surface area contributed by atoms with Crippen LogP contribution in [-0.2, 0) is 22.8 Å². The fraction of sp³-hybridized carbons (Fsp3) is 0.129. The van der Waals surface area contributed by atoms with Crippen LogP contribution in [0.5, 0.6) is 5.75 Å². The van der Waals surface area contributed by atoms with Crippen molar-refractivity contribution in [3.8, 4) is 17.0 Å². The number of aliphatic carboxylic acids is 1. The highest BCUT2D eigenvalue weighted by molar-refractivity contribution is 6.01. The molecule has 0 aliphatic heterocycles. The molecular weight excluding hydrogens is 478 g/mol. The van der Waals surface area contributed by atoms with Crippen molar-refractivity contribution >= 4 is 17.3 Å². The molecule has 38 heavy (non-hydrogen) atoms. The molecule has 0 saturated heterocycles.